The van der Waals surface area contributed by atoms with Gasteiger partial charge in [0.15, 0.2) is 11.6 Å². The molecule has 3 aliphatic heterocycles. The van der Waals surface area contributed by atoms with Gasteiger partial charge in [-0.3, -0.25) is 24.5 Å². The molecule has 0 aliphatic carbocycles. The second-order valence-corrected chi connectivity index (χ2v) is 11.9. The van der Waals surface area contributed by atoms with Crippen LogP contribution in [0.3, 0.4) is 0 Å². The number of carbonyl (C=O) groups excluding carboxylic acids is 3. The highest BCUT2D eigenvalue weighted by Gasteiger charge is 2.70. The van der Waals surface area contributed by atoms with Crippen LogP contribution in [0.1, 0.15) is 49.9 Å². The first-order chi connectivity index (χ1) is 21.1. The first-order valence-electron chi connectivity index (χ1n) is 14.5. The first-order valence-corrected chi connectivity index (χ1v) is 14.5. The fourth-order valence-electron chi connectivity index (χ4n) is 7.39. The van der Waals surface area contributed by atoms with Crippen molar-refractivity contribution in [1.29, 1.82) is 0 Å². The quantitative estimate of drug-likeness (QED) is 0.164. The number of amides is 1. The minimum Gasteiger partial charge on any atom is -0.352 e. The molecule has 1 saturated heterocycles. The summed E-state index contributed by atoms with van der Waals surface area (Å²) in [6.07, 6.45) is 2.00. The van der Waals surface area contributed by atoms with Crippen LogP contribution >= 0.6 is 0 Å². The number of nitrogens with one attached hydrogen (secondary N) is 1. The van der Waals surface area contributed by atoms with Crippen molar-refractivity contribution in [3.8, 4) is 0 Å². The molecule has 0 unspecified atom stereocenters. The number of anilines is 2. The van der Waals surface area contributed by atoms with E-state index in [0.717, 1.165) is 28.0 Å². The van der Waals surface area contributed by atoms with E-state index in [2.05, 4.69) is 11.4 Å². The van der Waals surface area contributed by atoms with Gasteiger partial charge in [-0.15, -0.1) is 0 Å². The summed E-state index contributed by atoms with van der Waals surface area (Å²) < 4.78 is 0. The fraction of sp³-hybridized carbons (Fsp3) is 0.194. The third-order valence-corrected chi connectivity index (χ3v) is 9.36. The second-order valence-electron chi connectivity index (χ2n) is 11.9. The van der Waals surface area contributed by atoms with Crippen molar-refractivity contribution in [1.82, 2.24) is 0 Å². The molecule has 8 nitrogen and oxygen atoms in total. The molecule has 218 valence electrons. The minimum atomic E-state index is -1.49. The Balaban J connectivity index is 1.55. The number of hydrogen-bond donors (Lipinski definition) is 1. The van der Waals surface area contributed by atoms with Crippen LogP contribution < -0.4 is 10.2 Å². The van der Waals surface area contributed by atoms with E-state index in [1.807, 2.05) is 74.2 Å². The number of nitro benzene ring substituents is 1. The van der Waals surface area contributed by atoms with Crippen molar-refractivity contribution in [3.63, 3.8) is 0 Å². The van der Waals surface area contributed by atoms with E-state index in [1.54, 1.807) is 18.2 Å². The molecule has 0 saturated carbocycles. The summed E-state index contributed by atoms with van der Waals surface area (Å²) in [6.45, 7) is 5.91. The summed E-state index contributed by atoms with van der Waals surface area (Å²) in [5, 5.41) is 14.7. The summed E-state index contributed by atoms with van der Waals surface area (Å²) in [6, 6.07) is 24.2. The molecule has 4 atom stereocenters. The molecule has 3 aliphatic rings. The summed E-state index contributed by atoms with van der Waals surface area (Å²) in [5.74, 6) is -2.38. The summed E-state index contributed by atoms with van der Waals surface area (Å²) in [7, 11) is 0. The first kappa shape index (κ1) is 27.5. The zero-order valence-electron chi connectivity index (χ0n) is 24.4. The lowest BCUT2D eigenvalue weighted by molar-refractivity contribution is -0.384. The maximum atomic E-state index is 14.9. The maximum Gasteiger partial charge on any atom is 0.270 e. The van der Waals surface area contributed by atoms with Crippen LogP contribution in [0.2, 0.25) is 0 Å². The van der Waals surface area contributed by atoms with Crippen molar-refractivity contribution in [3.05, 3.63) is 141 Å². The van der Waals surface area contributed by atoms with Gasteiger partial charge >= 0.3 is 0 Å². The average molecular weight is 584 g/mol. The van der Waals surface area contributed by atoms with Crippen LogP contribution in [0.15, 0.2) is 97.1 Å². The van der Waals surface area contributed by atoms with Gasteiger partial charge < -0.3 is 10.2 Å². The Labute approximate surface area is 254 Å². The molecular weight excluding hydrogens is 554 g/mol. The number of fused-ring (bicyclic) bond motifs is 6. The molecule has 4 aromatic carbocycles. The van der Waals surface area contributed by atoms with Gasteiger partial charge in [-0.25, -0.2) is 0 Å². The Morgan fingerprint density at radius 2 is 1.57 bits per heavy atom. The van der Waals surface area contributed by atoms with Gasteiger partial charge in [0.2, 0.25) is 5.91 Å². The highest BCUT2D eigenvalue weighted by atomic mass is 16.6. The van der Waals surface area contributed by atoms with Crippen LogP contribution in [-0.4, -0.2) is 34.5 Å². The van der Waals surface area contributed by atoms with Crippen molar-refractivity contribution in [2.75, 3.05) is 10.2 Å². The number of aryl methyl sites for hydroxylation is 2. The number of allylic oxidation sites excluding steroid dienone is 1. The number of Topliss-reactive ketones (excluding diaryl/α,β-unsaturated/α-hetero) is 2. The van der Waals surface area contributed by atoms with E-state index in [1.165, 1.54) is 24.3 Å². The number of nitro groups is 1. The predicted molar refractivity (Wildman–Crippen MR) is 168 cm³/mol. The van der Waals surface area contributed by atoms with Gasteiger partial charge in [-0.2, -0.15) is 0 Å². The van der Waals surface area contributed by atoms with E-state index >= 15 is 0 Å². The number of ketones is 2. The molecule has 0 bridgehead atoms. The van der Waals surface area contributed by atoms with Crippen molar-refractivity contribution in [2.24, 2.45) is 5.92 Å². The Morgan fingerprint density at radius 3 is 2.32 bits per heavy atom. The molecule has 0 radical (unpaired) electrons. The zero-order valence-corrected chi connectivity index (χ0v) is 24.4. The van der Waals surface area contributed by atoms with E-state index in [4.69, 9.17) is 0 Å². The molecule has 7 rings (SSSR count). The number of nitrogens with zero attached hydrogens (tertiary/aromatic N) is 2. The molecular formula is C36H29N3O5. The number of hydrogen-bond acceptors (Lipinski definition) is 6. The van der Waals surface area contributed by atoms with Crippen LogP contribution in [0.4, 0.5) is 17.1 Å². The number of para-hydroxylation sites is 1. The molecule has 3 heterocycles. The van der Waals surface area contributed by atoms with Gasteiger partial charge in [0.05, 0.1) is 16.9 Å². The fourth-order valence-corrected chi connectivity index (χ4v) is 7.39. The third-order valence-electron chi connectivity index (χ3n) is 9.36. The van der Waals surface area contributed by atoms with Gasteiger partial charge in [0, 0.05) is 40.2 Å². The molecule has 8 heteroatoms. The van der Waals surface area contributed by atoms with Gasteiger partial charge in [0.1, 0.15) is 11.5 Å². The van der Waals surface area contributed by atoms with E-state index in [-0.39, 0.29) is 22.9 Å². The van der Waals surface area contributed by atoms with Gasteiger partial charge in [0.25, 0.3) is 5.69 Å². The zero-order chi connectivity index (χ0) is 30.9. The topological polar surface area (TPSA) is 110 Å². The Kier molecular flexibility index (Phi) is 6.14. The molecule has 1 spiro atoms. The lowest BCUT2D eigenvalue weighted by Crippen LogP contribution is -2.51. The number of carbonyl (C=O) groups is 3. The number of non-ortho nitro benzene ring substituents is 1. The Morgan fingerprint density at radius 1 is 0.841 bits per heavy atom. The van der Waals surface area contributed by atoms with Gasteiger partial charge in [-0.05, 0) is 50.1 Å². The van der Waals surface area contributed by atoms with E-state index < -0.39 is 34.1 Å². The molecule has 44 heavy (non-hydrogen) atoms. The average Bonchev–Trinajstić information content (AvgIpc) is 3.49. The summed E-state index contributed by atoms with van der Waals surface area (Å²) in [5.41, 5.74) is 4.61. The predicted octanol–water partition coefficient (Wildman–Crippen LogP) is 6.46. The SMILES string of the molecule is CC1=C[C@@H]2N(c3ccc(C)cc31)[C@H](C(=O)c1ccc(C)cc1)[C@@H](C(=O)c1cccc([N+](=O)[O-])c1)[C@]21C(=O)Nc2ccccc21. The normalized spacial score (nSPS) is 23.0. The van der Waals surface area contributed by atoms with Crippen LogP contribution in [-0.2, 0) is 10.2 Å². The Bertz CT molecular complexity index is 1950. The summed E-state index contributed by atoms with van der Waals surface area (Å²) in [4.78, 5) is 57.3. The van der Waals surface area contributed by atoms with E-state index in [0.29, 0.717) is 16.8 Å². The van der Waals surface area contributed by atoms with Crippen LogP contribution in [0, 0.1) is 29.9 Å². The maximum absolute atomic E-state index is 14.9. The highest BCUT2D eigenvalue weighted by Crippen LogP contribution is 2.59. The highest BCUT2D eigenvalue weighted by molar-refractivity contribution is 6.18. The Hall–Kier alpha value is -5.37. The van der Waals surface area contributed by atoms with Crippen molar-refractivity contribution in [2.45, 2.75) is 38.3 Å². The minimum absolute atomic E-state index is 0.0761. The van der Waals surface area contributed by atoms with Crippen molar-refractivity contribution < 1.29 is 19.3 Å². The molecule has 1 fully saturated rings. The monoisotopic (exact) mass is 583 g/mol. The standard InChI is InChI=1S/C36H29N3O5/c1-20-11-14-23(15-12-20)34(41)32-31(33(40)24-7-6-8-25(19-24)39(43)44)36(27-9-4-5-10-28(27)37-35(36)42)30-18-22(3)26-17-21(2)13-16-29(26)38(30)32/h4-19,30-32H,1-3H3,(H,37,42)/t30-,31-,32-,36+/m0/s1. The van der Waals surface area contributed by atoms with E-state index in [9.17, 15) is 24.5 Å². The lowest BCUT2D eigenvalue weighted by Gasteiger charge is -2.39. The molecule has 1 amide bonds. The third kappa shape index (κ3) is 3.80. The van der Waals surface area contributed by atoms with Crippen LogP contribution in [0.25, 0.3) is 5.57 Å². The number of benzene rings is 4. The second kappa shape index (κ2) is 9.84. The molecule has 0 aromatic heterocycles. The summed E-state index contributed by atoms with van der Waals surface area (Å²) >= 11 is 0. The van der Waals surface area contributed by atoms with Crippen molar-refractivity contribution >= 4 is 40.1 Å². The molecule has 4 aromatic rings. The lowest BCUT2D eigenvalue weighted by atomic mass is 9.64. The molecule has 1 N–H and O–H groups in total. The largest absolute Gasteiger partial charge is 0.352 e. The van der Waals surface area contributed by atoms with Gasteiger partial charge in [-0.1, -0.05) is 77.9 Å². The number of rotatable bonds is 5. The van der Waals surface area contributed by atoms with Crippen LogP contribution in [0.5, 0.6) is 0 Å². The smallest absolute Gasteiger partial charge is 0.270 e.